The van der Waals surface area contributed by atoms with E-state index < -0.39 is 17.6 Å². The molecule has 1 aromatic carbocycles. The molecule has 3 fully saturated rings. The van der Waals surface area contributed by atoms with Crippen molar-refractivity contribution in [1.29, 1.82) is 0 Å². The standard InChI is InChI=1S/C25H30ClFN6O4/c26-18-11-16(27)3-6-19(18)31-23(35)15-1-4-17(5-2-15)33-14-30-20(21(33)22(28)34)24(36)29-8-9-32-12-25(13-32)7-10-37-25/h3,6,11,14-15,17H,1-2,4-5,7-10,12-13H2,(H2,28,34)(H,29,36)(H,31,35)/t15-,17-. The molecule has 2 aromatic rings. The maximum absolute atomic E-state index is 13.3. The van der Waals surface area contributed by atoms with Gasteiger partial charge in [0.2, 0.25) is 5.91 Å². The van der Waals surface area contributed by atoms with Gasteiger partial charge in [-0.25, -0.2) is 9.37 Å². The molecule has 3 heterocycles. The smallest absolute Gasteiger partial charge is 0.272 e. The highest BCUT2D eigenvalue weighted by Crippen LogP contribution is 2.36. The summed E-state index contributed by atoms with van der Waals surface area (Å²) < 4.78 is 20.5. The molecule has 0 bridgehead atoms. The van der Waals surface area contributed by atoms with Gasteiger partial charge in [0, 0.05) is 44.6 Å². The summed E-state index contributed by atoms with van der Waals surface area (Å²) in [6, 6.07) is 3.70. The summed E-state index contributed by atoms with van der Waals surface area (Å²) in [5.74, 6) is -2.08. The third-order valence-electron chi connectivity index (χ3n) is 7.60. The first-order valence-electron chi connectivity index (χ1n) is 12.5. The average Bonchev–Trinajstić information content (AvgIpc) is 3.27. The normalized spacial score (nSPS) is 22.6. The van der Waals surface area contributed by atoms with Crippen molar-refractivity contribution < 1.29 is 23.5 Å². The molecule has 0 atom stereocenters. The number of carbonyl (C=O) groups is 3. The Bertz CT molecular complexity index is 1200. The average molecular weight is 533 g/mol. The van der Waals surface area contributed by atoms with E-state index in [9.17, 15) is 18.8 Å². The Balaban J connectivity index is 1.15. The summed E-state index contributed by atoms with van der Waals surface area (Å²) in [6.45, 7) is 3.70. The van der Waals surface area contributed by atoms with Crippen LogP contribution in [-0.2, 0) is 9.53 Å². The minimum absolute atomic E-state index is 0.0146. The van der Waals surface area contributed by atoms with Crippen LogP contribution in [0.4, 0.5) is 10.1 Å². The lowest BCUT2D eigenvalue weighted by molar-refractivity contribution is -0.220. The Morgan fingerprint density at radius 3 is 2.57 bits per heavy atom. The number of anilines is 1. The number of hydrogen-bond acceptors (Lipinski definition) is 6. The van der Waals surface area contributed by atoms with Gasteiger partial charge in [0.05, 0.1) is 29.2 Å². The molecule has 1 aromatic heterocycles. The fourth-order valence-corrected chi connectivity index (χ4v) is 5.68. The number of benzene rings is 1. The molecule has 198 valence electrons. The second kappa shape index (κ2) is 10.4. The number of hydrogen-bond donors (Lipinski definition) is 3. The van der Waals surface area contributed by atoms with Crippen molar-refractivity contribution in [2.75, 3.05) is 38.1 Å². The molecule has 4 N–H and O–H groups in total. The third kappa shape index (κ3) is 5.34. The zero-order chi connectivity index (χ0) is 26.2. The van der Waals surface area contributed by atoms with Crippen molar-refractivity contribution in [2.45, 2.75) is 43.7 Å². The molecule has 12 heteroatoms. The van der Waals surface area contributed by atoms with E-state index in [0.29, 0.717) is 44.5 Å². The van der Waals surface area contributed by atoms with Crippen molar-refractivity contribution in [1.82, 2.24) is 19.8 Å². The summed E-state index contributed by atoms with van der Waals surface area (Å²) in [5, 5.41) is 5.73. The van der Waals surface area contributed by atoms with Crippen LogP contribution in [0.2, 0.25) is 5.02 Å². The summed E-state index contributed by atoms with van der Waals surface area (Å²) >= 11 is 6.02. The van der Waals surface area contributed by atoms with Gasteiger partial charge in [0.1, 0.15) is 11.5 Å². The fourth-order valence-electron chi connectivity index (χ4n) is 5.47. The van der Waals surface area contributed by atoms with Gasteiger partial charge in [-0.05, 0) is 43.9 Å². The highest BCUT2D eigenvalue weighted by molar-refractivity contribution is 6.33. The Labute approximate surface area is 218 Å². The van der Waals surface area contributed by atoms with E-state index in [1.165, 1.54) is 18.5 Å². The number of ether oxygens (including phenoxy) is 1. The molecule has 3 aliphatic rings. The van der Waals surface area contributed by atoms with Crippen LogP contribution in [0.25, 0.3) is 0 Å². The van der Waals surface area contributed by atoms with Crippen LogP contribution in [-0.4, -0.2) is 70.6 Å². The van der Waals surface area contributed by atoms with E-state index in [2.05, 4.69) is 20.5 Å². The summed E-state index contributed by atoms with van der Waals surface area (Å²) in [7, 11) is 0. The molecule has 1 saturated carbocycles. The van der Waals surface area contributed by atoms with Gasteiger partial charge in [0.25, 0.3) is 11.8 Å². The molecule has 10 nitrogen and oxygen atoms in total. The van der Waals surface area contributed by atoms with Crippen LogP contribution in [0, 0.1) is 11.7 Å². The third-order valence-corrected chi connectivity index (χ3v) is 7.91. The van der Waals surface area contributed by atoms with E-state index in [0.717, 1.165) is 32.2 Å². The Morgan fingerprint density at radius 1 is 1.22 bits per heavy atom. The lowest BCUT2D eigenvalue weighted by Gasteiger charge is -2.55. The van der Waals surface area contributed by atoms with Crippen molar-refractivity contribution in [3.8, 4) is 0 Å². The molecule has 0 unspecified atom stereocenters. The minimum atomic E-state index is -0.722. The number of nitrogens with zero attached hydrogens (tertiary/aromatic N) is 3. The molecule has 1 aliphatic carbocycles. The van der Waals surface area contributed by atoms with Gasteiger partial charge in [0.15, 0.2) is 5.69 Å². The van der Waals surface area contributed by atoms with E-state index >= 15 is 0 Å². The quantitative estimate of drug-likeness (QED) is 0.478. The van der Waals surface area contributed by atoms with Gasteiger partial charge >= 0.3 is 0 Å². The zero-order valence-electron chi connectivity index (χ0n) is 20.3. The molecule has 3 amide bonds. The molecule has 0 radical (unpaired) electrons. The SMILES string of the molecule is NC(=O)c1c(C(=O)NCCN2CC3(CCO3)C2)ncn1[C@H]1CC[C@H](C(=O)Nc2ccc(F)cc2Cl)CC1. The van der Waals surface area contributed by atoms with Crippen LogP contribution in [0.5, 0.6) is 0 Å². The van der Waals surface area contributed by atoms with Crippen LogP contribution < -0.4 is 16.4 Å². The largest absolute Gasteiger partial charge is 0.372 e. The molecular weight excluding hydrogens is 503 g/mol. The van der Waals surface area contributed by atoms with Crippen LogP contribution >= 0.6 is 11.6 Å². The molecule has 2 saturated heterocycles. The van der Waals surface area contributed by atoms with Crippen LogP contribution in [0.1, 0.15) is 59.1 Å². The lowest BCUT2D eigenvalue weighted by atomic mass is 9.85. The lowest BCUT2D eigenvalue weighted by Crippen LogP contribution is -2.68. The van der Waals surface area contributed by atoms with Crippen LogP contribution in [0.3, 0.4) is 0 Å². The number of nitrogens with two attached hydrogens (primary N) is 1. The van der Waals surface area contributed by atoms with Crippen molar-refractivity contribution in [3.05, 3.63) is 46.8 Å². The van der Waals surface area contributed by atoms with Gasteiger partial charge in [-0.3, -0.25) is 19.3 Å². The number of nitrogens with one attached hydrogen (secondary N) is 2. The fraction of sp³-hybridized carbons (Fsp3) is 0.520. The number of primary amides is 1. The number of carbonyl (C=O) groups excluding carboxylic acids is 3. The molecule has 37 heavy (non-hydrogen) atoms. The molecular formula is C25H30ClFN6O4. The maximum Gasteiger partial charge on any atom is 0.272 e. The van der Waals surface area contributed by atoms with Gasteiger partial charge < -0.3 is 25.7 Å². The number of amides is 3. The van der Waals surface area contributed by atoms with E-state index in [4.69, 9.17) is 22.1 Å². The first kappa shape index (κ1) is 25.6. The number of rotatable bonds is 8. The van der Waals surface area contributed by atoms with E-state index in [1.807, 2.05) is 0 Å². The highest BCUT2D eigenvalue weighted by atomic mass is 35.5. The minimum Gasteiger partial charge on any atom is -0.372 e. The van der Waals surface area contributed by atoms with Crippen molar-refractivity contribution in [2.24, 2.45) is 11.7 Å². The maximum atomic E-state index is 13.3. The first-order valence-corrected chi connectivity index (χ1v) is 12.9. The highest BCUT2D eigenvalue weighted by Gasteiger charge is 2.48. The number of aromatic nitrogens is 2. The predicted molar refractivity (Wildman–Crippen MR) is 134 cm³/mol. The zero-order valence-corrected chi connectivity index (χ0v) is 21.1. The molecule has 5 rings (SSSR count). The molecule has 1 spiro atoms. The Morgan fingerprint density at radius 2 is 1.95 bits per heavy atom. The number of likely N-dealkylation sites (tertiary alicyclic amines) is 1. The first-order chi connectivity index (χ1) is 17.7. The summed E-state index contributed by atoms with van der Waals surface area (Å²) in [6.07, 6.45) is 4.90. The van der Waals surface area contributed by atoms with Gasteiger partial charge in [-0.15, -0.1) is 0 Å². The summed E-state index contributed by atoms with van der Waals surface area (Å²) in [5.41, 5.74) is 6.14. The van der Waals surface area contributed by atoms with E-state index in [-0.39, 0.29) is 39.9 Å². The molecule has 2 aliphatic heterocycles. The Kier molecular flexibility index (Phi) is 7.19. The number of halogens is 2. The van der Waals surface area contributed by atoms with Gasteiger partial charge in [-0.1, -0.05) is 11.6 Å². The van der Waals surface area contributed by atoms with Crippen molar-refractivity contribution in [3.63, 3.8) is 0 Å². The second-order valence-corrected chi connectivity index (χ2v) is 10.5. The van der Waals surface area contributed by atoms with Gasteiger partial charge in [-0.2, -0.15) is 0 Å². The number of imidazole rings is 1. The second-order valence-electron chi connectivity index (χ2n) is 10.1. The van der Waals surface area contributed by atoms with E-state index in [1.54, 1.807) is 4.57 Å². The topological polar surface area (TPSA) is 132 Å². The Hall–Kier alpha value is -3.02. The van der Waals surface area contributed by atoms with Crippen molar-refractivity contribution >= 4 is 35.0 Å². The monoisotopic (exact) mass is 532 g/mol. The van der Waals surface area contributed by atoms with Crippen LogP contribution in [0.15, 0.2) is 24.5 Å². The summed E-state index contributed by atoms with van der Waals surface area (Å²) in [4.78, 5) is 44.2. The predicted octanol–water partition coefficient (Wildman–Crippen LogP) is 2.35.